The number of nitriles is 1. The number of hydrogen-bond donors (Lipinski definition) is 0. The predicted octanol–water partition coefficient (Wildman–Crippen LogP) is 10.9. The Kier molecular flexibility index (Phi) is 15.2. The minimum absolute atomic E-state index is 0.0703. The zero-order valence-electron chi connectivity index (χ0n) is 25.6. The van der Waals surface area contributed by atoms with Gasteiger partial charge in [-0.05, 0) is 80.1 Å². The first-order chi connectivity index (χ1) is 18.9. The molecule has 3 heteroatoms. The number of benzene rings is 1. The first kappa shape index (κ1) is 32.9. The third-order valence-electron chi connectivity index (χ3n) is 8.69. The number of allylic oxidation sites excluding steroid dienone is 3. The molecule has 0 bridgehead atoms. The number of ether oxygens (including phenoxy) is 1. The molecule has 1 aromatic rings. The van der Waals surface area contributed by atoms with Gasteiger partial charge in [0.25, 0.3) is 0 Å². The van der Waals surface area contributed by atoms with E-state index in [4.69, 9.17) is 4.74 Å². The maximum Gasteiger partial charge on any atom is 0.314 e. The average molecular weight is 534 g/mol. The molecule has 1 unspecified atom stereocenters. The summed E-state index contributed by atoms with van der Waals surface area (Å²) in [6.45, 7) is 10.6. The van der Waals surface area contributed by atoms with Gasteiger partial charge in [0.2, 0.25) is 0 Å². The van der Waals surface area contributed by atoms with Gasteiger partial charge in [0, 0.05) is 0 Å². The van der Waals surface area contributed by atoms with E-state index in [2.05, 4.69) is 64.1 Å². The maximum absolute atomic E-state index is 12.6. The highest BCUT2D eigenvalue weighted by Gasteiger charge is 2.35. The van der Waals surface area contributed by atoms with Gasteiger partial charge >= 0.3 is 5.97 Å². The Bertz CT molecular complexity index is 928. The number of esters is 1. The zero-order valence-corrected chi connectivity index (χ0v) is 25.6. The summed E-state index contributed by atoms with van der Waals surface area (Å²) < 4.78 is 5.75. The molecule has 2 atom stereocenters. The Morgan fingerprint density at radius 1 is 1.00 bits per heavy atom. The Morgan fingerprint density at radius 3 is 2.26 bits per heavy atom. The molecule has 2 rings (SSSR count). The smallest absolute Gasteiger partial charge is 0.314 e. The van der Waals surface area contributed by atoms with Crippen LogP contribution in [0.3, 0.4) is 0 Å². The zero-order chi connectivity index (χ0) is 28.5. The predicted molar refractivity (Wildman–Crippen MR) is 164 cm³/mol. The number of rotatable bonds is 17. The van der Waals surface area contributed by atoms with Crippen molar-refractivity contribution in [2.75, 3.05) is 0 Å². The van der Waals surface area contributed by atoms with Gasteiger partial charge in [0.1, 0.15) is 5.76 Å². The van der Waals surface area contributed by atoms with Crippen LogP contribution in [-0.2, 0) is 9.53 Å². The number of carbonyl (C=O) groups is 1. The molecular weight excluding hydrogens is 478 g/mol. The van der Waals surface area contributed by atoms with Crippen LogP contribution in [0.5, 0.6) is 0 Å². The molecule has 0 aliphatic heterocycles. The van der Waals surface area contributed by atoms with Gasteiger partial charge in [0.15, 0.2) is 0 Å². The first-order valence-electron chi connectivity index (χ1n) is 16.0. The van der Waals surface area contributed by atoms with Crippen molar-refractivity contribution in [3.8, 4) is 6.07 Å². The van der Waals surface area contributed by atoms with Gasteiger partial charge in [0.05, 0.1) is 17.4 Å². The number of carbonyl (C=O) groups excluding carboxylic acids is 1. The second-order valence-electron chi connectivity index (χ2n) is 12.0. The van der Waals surface area contributed by atoms with Crippen LogP contribution in [0.15, 0.2) is 48.3 Å². The highest BCUT2D eigenvalue weighted by Crippen LogP contribution is 2.45. The lowest BCUT2D eigenvalue weighted by Crippen LogP contribution is -2.25. The quantitative estimate of drug-likeness (QED) is 0.0865. The standard InChI is InChI=1S/C36H55NO2/c1-6-9-11-12-14-25-36(28-37)26-23-33(24-27-36)32-20-18-31(19-21-32)29(4)17-22-34(15-8-3)39-35(38)30(5)16-13-10-7-2/h15,17-22,29-30,33H,6-14,16,23-27H2,1-5H3/b22-17-,34-15+/t29?,30-,33?,36?/m1/s1. The largest absolute Gasteiger partial charge is 0.427 e. The normalized spacial score (nSPS) is 21.4. The van der Waals surface area contributed by atoms with Crippen LogP contribution < -0.4 is 0 Å². The van der Waals surface area contributed by atoms with Gasteiger partial charge in [-0.3, -0.25) is 4.79 Å². The van der Waals surface area contributed by atoms with Crippen LogP contribution in [0.25, 0.3) is 0 Å². The Labute approximate surface area is 240 Å². The molecule has 0 N–H and O–H groups in total. The summed E-state index contributed by atoms with van der Waals surface area (Å²) in [5.41, 5.74) is 2.57. The molecule has 3 nitrogen and oxygen atoms in total. The monoisotopic (exact) mass is 533 g/mol. The van der Waals surface area contributed by atoms with Crippen LogP contribution in [0, 0.1) is 22.7 Å². The second kappa shape index (κ2) is 18.1. The van der Waals surface area contributed by atoms with Crippen LogP contribution in [0.2, 0.25) is 0 Å². The summed E-state index contributed by atoms with van der Waals surface area (Å²) in [7, 11) is 0. The first-order valence-corrected chi connectivity index (χ1v) is 16.0. The third kappa shape index (κ3) is 11.4. The summed E-state index contributed by atoms with van der Waals surface area (Å²) in [6.07, 6.45) is 22.9. The Hall–Kier alpha value is -2.34. The molecule has 1 fully saturated rings. The van der Waals surface area contributed by atoms with E-state index in [9.17, 15) is 10.1 Å². The van der Waals surface area contributed by atoms with E-state index in [1.165, 1.54) is 43.2 Å². The topological polar surface area (TPSA) is 50.1 Å². The van der Waals surface area contributed by atoms with Crippen LogP contribution >= 0.6 is 0 Å². The molecule has 1 aliphatic rings. The summed E-state index contributed by atoms with van der Waals surface area (Å²) >= 11 is 0. The molecule has 216 valence electrons. The second-order valence-corrected chi connectivity index (χ2v) is 12.0. The van der Waals surface area contributed by atoms with Gasteiger partial charge < -0.3 is 4.74 Å². The lowest BCUT2D eigenvalue weighted by Gasteiger charge is -2.35. The van der Waals surface area contributed by atoms with E-state index in [0.717, 1.165) is 64.2 Å². The summed E-state index contributed by atoms with van der Waals surface area (Å²) in [5, 5.41) is 9.95. The lowest BCUT2D eigenvalue weighted by atomic mass is 9.67. The van der Waals surface area contributed by atoms with Gasteiger partial charge in [-0.2, -0.15) is 5.26 Å². The fraction of sp³-hybridized carbons (Fsp3) is 0.667. The van der Waals surface area contributed by atoms with Crippen LogP contribution in [0.4, 0.5) is 0 Å². The maximum atomic E-state index is 12.6. The minimum atomic E-state index is -0.128. The third-order valence-corrected chi connectivity index (χ3v) is 8.69. The van der Waals surface area contributed by atoms with Crippen molar-refractivity contribution in [3.05, 3.63) is 59.4 Å². The molecule has 0 radical (unpaired) electrons. The fourth-order valence-electron chi connectivity index (χ4n) is 5.79. The van der Waals surface area contributed by atoms with Crippen molar-refractivity contribution in [1.29, 1.82) is 5.26 Å². The number of unbranched alkanes of at least 4 members (excludes halogenated alkanes) is 6. The average Bonchev–Trinajstić information content (AvgIpc) is 2.96. The molecular formula is C36H55NO2. The summed E-state index contributed by atoms with van der Waals surface area (Å²) in [6, 6.07) is 11.8. The Morgan fingerprint density at radius 2 is 1.64 bits per heavy atom. The van der Waals surface area contributed by atoms with Crippen LogP contribution in [0.1, 0.15) is 154 Å². The van der Waals surface area contributed by atoms with E-state index in [1.54, 1.807) is 0 Å². The van der Waals surface area contributed by atoms with Crippen molar-refractivity contribution in [1.82, 2.24) is 0 Å². The highest BCUT2D eigenvalue weighted by molar-refractivity contribution is 5.73. The van der Waals surface area contributed by atoms with Crippen molar-refractivity contribution >= 4 is 5.97 Å². The van der Waals surface area contributed by atoms with Crippen molar-refractivity contribution in [3.63, 3.8) is 0 Å². The van der Waals surface area contributed by atoms with E-state index in [-0.39, 0.29) is 23.2 Å². The van der Waals surface area contributed by atoms with Crippen molar-refractivity contribution in [2.45, 2.75) is 143 Å². The van der Waals surface area contributed by atoms with Gasteiger partial charge in [-0.25, -0.2) is 0 Å². The van der Waals surface area contributed by atoms with Gasteiger partial charge in [-0.1, -0.05) is 116 Å². The minimum Gasteiger partial charge on any atom is -0.427 e. The van der Waals surface area contributed by atoms with E-state index < -0.39 is 0 Å². The molecule has 1 aromatic carbocycles. The molecule has 0 spiro atoms. The summed E-state index contributed by atoms with van der Waals surface area (Å²) in [4.78, 5) is 12.6. The van der Waals surface area contributed by atoms with E-state index >= 15 is 0 Å². The molecule has 0 heterocycles. The number of nitrogens with zero attached hydrogens (tertiary/aromatic N) is 1. The molecule has 0 aromatic heterocycles. The lowest BCUT2D eigenvalue weighted by molar-refractivity contribution is -0.143. The molecule has 1 aliphatic carbocycles. The molecule has 0 saturated heterocycles. The van der Waals surface area contributed by atoms with Crippen LogP contribution in [-0.4, -0.2) is 5.97 Å². The summed E-state index contributed by atoms with van der Waals surface area (Å²) in [5.74, 6) is 1.24. The number of hydrogen-bond acceptors (Lipinski definition) is 3. The van der Waals surface area contributed by atoms with E-state index in [1.807, 2.05) is 19.1 Å². The SMILES string of the molecule is CC/C=C(\C=C/C(C)c1ccc(C2CCC(C#N)(CCCCCCC)CC2)cc1)OC(=O)[C@H](C)CCCCC. The molecule has 39 heavy (non-hydrogen) atoms. The fourth-order valence-corrected chi connectivity index (χ4v) is 5.79. The Balaban J connectivity index is 1.90. The van der Waals surface area contributed by atoms with Crippen molar-refractivity contribution < 1.29 is 9.53 Å². The van der Waals surface area contributed by atoms with Crippen molar-refractivity contribution in [2.24, 2.45) is 11.3 Å². The van der Waals surface area contributed by atoms with E-state index in [0.29, 0.717) is 11.7 Å². The molecule has 1 saturated carbocycles. The highest BCUT2D eigenvalue weighted by atomic mass is 16.5. The molecule has 0 amide bonds. The van der Waals surface area contributed by atoms with Gasteiger partial charge in [-0.15, -0.1) is 0 Å².